The molecule has 0 unspecified atom stereocenters. The minimum absolute atomic E-state index is 0.0380. The Kier molecular flexibility index (Phi) is 10.8. The lowest BCUT2D eigenvalue weighted by molar-refractivity contribution is -0.140. The number of carbonyl (C=O) groups excluding carboxylic acids is 2. The van der Waals surface area contributed by atoms with E-state index >= 15 is 0 Å². The van der Waals surface area contributed by atoms with Gasteiger partial charge in [-0.25, -0.2) is 8.42 Å². The monoisotopic (exact) mass is 621 g/mol. The predicted molar refractivity (Wildman–Crippen MR) is 150 cm³/mol. The second-order valence-corrected chi connectivity index (χ2v) is 12.5. The number of halogens is 5. The number of amides is 2. The van der Waals surface area contributed by atoms with E-state index in [9.17, 15) is 31.2 Å². The summed E-state index contributed by atoms with van der Waals surface area (Å²) in [5.41, 5.74) is -1.10. The van der Waals surface area contributed by atoms with Crippen LogP contribution in [0.2, 0.25) is 10.0 Å². The molecule has 1 fully saturated rings. The molecule has 220 valence electrons. The molecule has 0 aromatic heterocycles. The maximum Gasteiger partial charge on any atom is 0.416 e. The van der Waals surface area contributed by atoms with E-state index in [4.69, 9.17) is 23.2 Å². The highest BCUT2D eigenvalue weighted by atomic mass is 35.5. The van der Waals surface area contributed by atoms with Crippen LogP contribution < -0.4 is 9.62 Å². The molecule has 1 saturated carbocycles. The van der Waals surface area contributed by atoms with E-state index in [1.165, 1.54) is 4.90 Å². The molecular weight excluding hydrogens is 590 g/mol. The van der Waals surface area contributed by atoms with E-state index in [0.717, 1.165) is 50.5 Å². The van der Waals surface area contributed by atoms with Gasteiger partial charge in [0.1, 0.15) is 12.6 Å². The van der Waals surface area contributed by atoms with Gasteiger partial charge in [0.2, 0.25) is 21.8 Å². The number of nitrogens with zero attached hydrogens (tertiary/aromatic N) is 2. The zero-order valence-corrected chi connectivity index (χ0v) is 24.5. The van der Waals surface area contributed by atoms with Crippen LogP contribution in [-0.4, -0.2) is 50.0 Å². The lowest BCUT2D eigenvalue weighted by Crippen LogP contribution is -2.54. The van der Waals surface area contributed by atoms with Crippen LogP contribution in [0.4, 0.5) is 18.9 Å². The van der Waals surface area contributed by atoms with Crippen molar-refractivity contribution in [3.8, 4) is 0 Å². The highest BCUT2D eigenvalue weighted by Gasteiger charge is 2.36. The molecule has 0 heterocycles. The highest BCUT2D eigenvalue weighted by molar-refractivity contribution is 7.92. The summed E-state index contributed by atoms with van der Waals surface area (Å²) in [6.45, 7) is 0.719. The molecular formula is C27H32Cl2F3N3O4S. The van der Waals surface area contributed by atoms with Gasteiger partial charge in [-0.05, 0) is 49.1 Å². The van der Waals surface area contributed by atoms with Gasteiger partial charge in [0.25, 0.3) is 0 Å². The topological polar surface area (TPSA) is 86.8 Å². The first kappa shape index (κ1) is 32.0. The van der Waals surface area contributed by atoms with Crippen molar-refractivity contribution < 1.29 is 31.2 Å². The second kappa shape index (κ2) is 13.4. The van der Waals surface area contributed by atoms with Crippen LogP contribution in [0, 0.1) is 0 Å². The van der Waals surface area contributed by atoms with Crippen molar-refractivity contribution in [2.24, 2.45) is 0 Å². The molecule has 1 aliphatic rings. The van der Waals surface area contributed by atoms with Crippen molar-refractivity contribution in [3.63, 3.8) is 0 Å². The second-order valence-electron chi connectivity index (χ2n) is 9.81. The molecule has 2 aromatic carbocycles. The number of hydrogen-bond acceptors (Lipinski definition) is 4. The fourth-order valence-corrected chi connectivity index (χ4v) is 6.07. The molecule has 2 amide bonds. The summed E-state index contributed by atoms with van der Waals surface area (Å²) in [5, 5.41) is 3.06. The van der Waals surface area contributed by atoms with Crippen molar-refractivity contribution in [2.45, 2.75) is 70.3 Å². The Balaban J connectivity index is 2.00. The Bertz CT molecular complexity index is 1320. The smallest absolute Gasteiger partial charge is 0.352 e. The average Bonchev–Trinajstić information content (AvgIpc) is 2.88. The molecule has 0 radical (unpaired) electrons. The third-order valence-corrected chi connectivity index (χ3v) is 8.67. The summed E-state index contributed by atoms with van der Waals surface area (Å²) >= 11 is 12.5. The minimum atomic E-state index is -4.77. The number of nitrogens with one attached hydrogen (secondary N) is 1. The molecule has 13 heteroatoms. The summed E-state index contributed by atoms with van der Waals surface area (Å²) < 4.78 is 66.3. The van der Waals surface area contributed by atoms with Crippen molar-refractivity contribution in [1.29, 1.82) is 0 Å². The van der Waals surface area contributed by atoms with Gasteiger partial charge in [0.05, 0.1) is 22.5 Å². The maximum atomic E-state index is 13.8. The van der Waals surface area contributed by atoms with Crippen LogP contribution in [0.15, 0.2) is 42.5 Å². The van der Waals surface area contributed by atoms with Gasteiger partial charge in [-0.3, -0.25) is 13.9 Å². The number of carbonyl (C=O) groups is 2. The summed E-state index contributed by atoms with van der Waals surface area (Å²) in [5.74, 6) is -1.19. The summed E-state index contributed by atoms with van der Waals surface area (Å²) in [7, 11) is -4.28. The van der Waals surface area contributed by atoms with E-state index in [-0.39, 0.29) is 24.0 Å². The number of sulfonamides is 1. The van der Waals surface area contributed by atoms with Crippen molar-refractivity contribution in [2.75, 3.05) is 17.1 Å². The highest BCUT2D eigenvalue weighted by Crippen LogP contribution is 2.36. The van der Waals surface area contributed by atoms with Gasteiger partial charge < -0.3 is 10.2 Å². The van der Waals surface area contributed by atoms with Gasteiger partial charge in [-0.15, -0.1) is 0 Å². The van der Waals surface area contributed by atoms with Crippen LogP contribution in [0.3, 0.4) is 0 Å². The molecule has 7 nitrogen and oxygen atoms in total. The van der Waals surface area contributed by atoms with E-state index in [1.807, 2.05) is 0 Å². The Morgan fingerprint density at radius 2 is 1.70 bits per heavy atom. The Morgan fingerprint density at radius 1 is 1.05 bits per heavy atom. The molecule has 1 N–H and O–H groups in total. The lowest BCUT2D eigenvalue weighted by Gasteiger charge is -2.34. The van der Waals surface area contributed by atoms with Crippen LogP contribution in [0.5, 0.6) is 0 Å². The molecule has 3 rings (SSSR count). The van der Waals surface area contributed by atoms with Crippen LogP contribution in [0.1, 0.15) is 56.6 Å². The maximum absolute atomic E-state index is 13.8. The van der Waals surface area contributed by atoms with Crippen LogP contribution in [0.25, 0.3) is 0 Å². The molecule has 0 bridgehead atoms. The van der Waals surface area contributed by atoms with Gasteiger partial charge in [0.15, 0.2) is 0 Å². The molecule has 0 saturated heterocycles. The number of rotatable bonds is 10. The van der Waals surface area contributed by atoms with E-state index in [0.29, 0.717) is 21.0 Å². The molecule has 0 spiro atoms. The first-order valence-electron chi connectivity index (χ1n) is 12.9. The fourth-order valence-electron chi connectivity index (χ4n) is 4.75. The van der Waals surface area contributed by atoms with Gasteiger partial charge >= 0.3 is 6.18 Å². The number of alkyl halides is 3. The van der Waals surface area contributed by atoms with Crippen molar-refractivity contribution in [1.82, 2.24) is 10.2 Å². The Hall–Kier alpha value is -2.50. The quantitative estimate of drug-likeness (QED) is 0.351. The van der Waals surface area contributed by atoms with Gasteiger partial charge in [-0.2, -0.15) is 13.2 Å². The fraction of sp³-hybridized carbons (Fsp3) is 0.481. The largest absolute Gasteiger partial charge is 0.416 e. The Morgan fingerprint density at radius 3 is 2.27 bits per heavy atom. The summed E-state index contributed by atoms with van der Waals surface area (Å²) in [6, 6.07) is 7.91. The van der Waals surface area contributed by atoms with Crippen LogP contribution >= 0.6 is 23.2 Å². The van der Waals surface area contributed by atoms with Crippen LogP contribution in [-0.2, 0) is 32.3 Å². The zero-order chi connectivity index (χ0) is 29.7. The Labute approximate surface area is 242 Å². The van der Waals surface area contributed by atoms with Crippen molar-refractivity contribution >= 4 is 50.7 Å². The van der Waals surface area contributed by atoms with E-state index < -0.39 is 51.9 Å². The third kappa shape index (κ3) is 8.27. The standard InChI is InChI=1S/C27H32Cl2F3N3O4S/c1-3-23(26(37)33-20-10-5-4-6-11-20)34(16-18-9-7-8-12-21(18)28)25(36)17-35(40(2,38)39)24-15-19(27(30,31)32)13-14-22(24)29/h7-9,12-15,20,23H,3-6,10-11,16-17H2,1-2H3,(H,33,37)/t23-/m1/s1. The minimum Gasteiger partial charge on any atom is -0.352 e. The lowest BCUT2D eigenvalue weighted by atomic mass is 9.95. The van der Waals surface area contributed by atoms with Crippen molar-refractivity contribution in [3.05, 3.63) is 63.6 Å². The predicted octanol–water partition coefficient (Wildman–Crippen LogP) is 6.03. The SMILES string of the molecule is CC[C@H](C(=O)NC1CCCCC1)N(Cc1ccccc1Cl)C(=O)CN(c1cc(C(F)(F)F)ccc1Cl)S(C)(=O)=O. The summed E-state index contributed by atoms with van der Waals surface area (Å²) in [6.07, 6.45) is 0.872. The zero-order valence-electron chi connectivity index (χ0n) is 22.2. The van der Waals surface area contributed by atoms with E-state index in [1.54, 1.807) is 31.2 Å². The molecule has 1 aliphatic carbocycles. The molecule has 40 heavy (non-hydrogen) atoms. The molecule has 2 aromatic rings. The first-order chi connectivity index (χ1) is 18.7. The number of benzene rings is 2. The third-order valence-electron chi connectivity index (χ3n) is 6.86. The normalized spacial score (nSPS) is 15.4. The molecule has 1 atom stereocenters. The first-order valence-corrected chi connectivity index (χ1v) is 15.5. The average molecular weight is 623 g/mol. The number of hydrogen-bond donors (Lipinski definition) is 1. The van der Waals surface area contributed by atoms with E-state index in [2.05, 4.69) is 5.32 Å². The number of anilines is 1. The summed E-state index contributed by atoms with van der Waals surface area (Å²) in [4.78, 5) is 28.4. The molecule has 0 aliphatic heterocycles. The van der Waals surface area contributed by atoms with Gasteiger partial charge in [0, 0.05) is 17.6 Å². The van der Waals surface area contributed by atoms with Gasteiger partial charge in [-0.1, -0.05) is 67.6 Å².